The lowest BCUT2D eigenvalue weighted by atomic mass is 9.93. The van der Waals surface area contributed by atoms with Crippen LogP contribution in [-0.4, -0.2) is 25.5 Å². The van der Waals surface area contributed by atoms with Crippen LogP contribution in [0.1, 0.15) is 24.0 Å². The first kappa shape index (κ1) is 13.8. The summed E-state index contributed by atoms with van der Waals surface area (Å²) in [6.45, 7) is 2.62. The number of benzene rings is 2. The fourth-order valence-corrected chi connectivity index (χ4v) is 2.94. The van der Waals surface area contributed by atoms with E-state index in [1.165, 1.54) is 11.1 Å². The highest BCUT2D eigenvalue weighted by atomic mass is 16.2. The van der Waals surface area contributed by atoms with Gasteiger partial charge in [0.15, 0.2) is 0 Å². The maximum atomic E-state index is 12.6. The summed E-state index contributed by atoms with van der Waals surface area (Å²) < 4.78 is 0. The van der Waals surface area contributed by atoms with Gasteiger partial charge in [-0.1, -0.05) is 48.5 Å². The summed E-state index contributed by atoms with van der Waals surface area (Å²) >= 11 is 0. The Morgan fingerprint density at radius 2 is 1.81 bits per heavy atom. The molecule has 2 atom stereocenters. The smallest absolute Gasteiger partial charge is 0.243 e. The Morgan fingerprint density at radius 1 is 1.14 bits per heavy atom. The third-order valence-electron chi connectivity index (χ3n) is 4.24. The molecule has 2 aromatic carbocycles. The minimum absolute atomic E-state index is 0.128. The first-order chi connectivity index (χ1) is 10.2. The summed E-state index contributed by atoms with van der Waals surface area (Å²) in [6, 6.07) is 18.4. The van der Waals surface area contributed by atoms with Gasteiger partial charge in [0.2, 0.25) is 5.91 Å². The lowest BCUT2D eigenvalue weighted by Gasteiger charge is -2.21. The number of nitrogens with one attached hydrogen (secondary N) is 1. The molecular weight excluding hydrogens is 260 g/mol. The summed E-state index contributed by atoms with van der Waals surface area (Å²) in [5.41, 5.74) is 3.54. The van der Waals surface area contributed by atoms with Crippen LogP contribution in [0.4, 0.5) is 5.69 Å². The van der Waals surface area contributed by atoms with Crippen molar-refractivity contribution < 1.29 is 4.79 Å². The molecule has 3 heteroatoms. The van der Waals surface area contributed by atoms with Gasteiger partial charge in [-0.05, 0) is 31.2 Å². The molecule has 1 amide bonds. The Balaban J connectivity index is 1.99. The van der Waals surface area contributed by atoms with E-state index < -0.39 is 0 Å². The van der Waals surface area contributed by atoms with Gasteiger partial charge in [0.1, 0.15) is 0 Å². The van der Waals surface area contributed by atoms with Crippen LogP contribution in [0.25, 0.3) is 0 Å². The summed E-state index contributed by atoms with van der Waals surface area (Å²) in [5.74, 6) is 0.388. The van der Waals surface area contributed by atoms with Gasteiger partial charge in [0.25, 0.3) is 0 Å². The number of anilines is 1. The van der Waals surface area contributed by atoms with E-state index in [9.17, 15) is 4.79 Å². The highest BCUT2D eigenvalue weighted by Crippen LogP contribution is 2.40. The molecule has 21 heavy (non-hydrogen) atoms. The Morgan fingerprint density at radius 3 is 2.52 bits per heavy atom. The molecule has 3 rings (SSSR count). The highest BCUT2D eigenvalue weighted by molar-refractivity contribution is 5.99. The molecule has 0 saturated heterocycles. The van der Waals surface area contributed by atoms with Gasteiger partial charge in [0.05, 0.1) is 6.04 Å². The number of likely N-dealkylation sites (N-methyl/N-ethyl adjacent to an activating group) is 1. The van der Waals surface area contributed by atoms with Crippen molar-refractivity contribution >= 4 is 11.6 Å². The van der Waals surface area contributed by atoms with Crippen molar-refractivity contribution in [2.45, 2.75) is 18.9 Å². The van der Waals surface area contributed by atoms with Gasteiger partial charge in [-0.25, -0.2) is 0 Å². The van der Waals surface area contributed by atoms with Crippen LogP contribution in [0.5, 0.6) is 0 Å². The van der Waals surface area contributed by atoms with Gasteiger partial charge in [-0.15, -0.1) is 0 Å². The lowest BCUT2D eigenvalue weighted by Crippen LogP contribution is -2.43. The normalized spacial score (nSPS) is 18.4. The zero-order valence-electron chi connectivity index (χ0n) is 12.4. The first-order valence-corrected chi connectivity index (χ1v) is 7.35. The Bertz CT molecular complexity index is 639. The SMILES string of the molecule is CNC(C)C(=O)N1CC(c2ccccc2)c2ccccc21. The number of carbonyl (C=O) groups excluding carboxylic acids is 1. The second kappa shape index (κ2) is 5.70. The molecule has 108 valence electrons. The van der Waals surface area contributed by atoms with Gasteiger partial charge < -0.3 is 10.2 Å². The van der Waals surface area contributed by atoms with Crippen LogP contribution in [0.3, 0.4) is 0 Å². The van der Waals surface area contributed by atoms with Crippen LogP contribution < -0.4 is 10.2 Å². The quantitative estimate of drug-likeness (QED) is 0.937. The average molecular weight is 280 g/mol. The van der Waals surface area contributed by atoms with Crippen molar-refractivity contribution in [2.24, 2.45) is 0 Å². The van der Waals surface area contributed by atoms with E-state index in [2.05, 4.69) is 35.6 Å². The third kappa shape index (κ3) is 2.45. The highest BCUT2D eigenvalue weighted by Gasteiger charge is 2.34. The van der Waals surface area contributed by atoms with E-state index in [4.69, 9.17) is 0 Å². The molecule has 0 aliphatic carbocycles. The maximum Gasteiger partial charge on any atom is 0.243 e. The molecule has 0 spiro atoms. The number of hydrogen-bond acceptors (Lipinski definition) is 2. The molecule has 2 unspecified atom stereocenters. The minimum atomic E-state index is -0.174. The Hall–Kier alpha value is -2.13. The molecule has 0 fully saturated rings. The molecule has 0 saturated carbocycles. The zero-order chi connectivity index (χ0) is 14.8. The number of rotatable bonds is 3. The number of hydrogen-bond donors (Lipinski definition) is 1. The number of para-hydroxylation sites is 1. The van der Waals surface area contributed by atoms with Crippen LogP contribution in [0.2, 0.25) is 0 Å². The van der Waals surface area contributed by atoms with Gasteiger partial charge in [-0.2, -0.15) is 0 Å². The van der Waals surface area contributed by atoms with Gasteiger partial charge in [-0.3, -0.25) is 4.79 Å². The van der Waals surface area contributed by atoms with E-state index in [0.717, 1.165) is 5.69 Å². The number of nitrogens with zero attached hydrogens (tertiary/aromatic N) is 1. The fraction of sp³-hybridized carbons (Fsp3) is 0.278. The van der Waals surface area contributed by atoms with Crippen molar-refractivity contribution in [3.05, 3.63) is 65.7 Å². The first-order valence-electron chi connectivity index (χ1n) is 7.35. The van der Waals surface area contributed by atoms with Crippen molar-refractivity contribution in [1.82, 2.24) is 5.32 Å². The molecule has 1 aliphatic rings. The number of amides is 1. The molecule has 0 bridgehead atoms. The fourth-order valence-electron chi connectivity index (χ4n) is 2.94. The van der Waals surface area contributed by atoms with Crippen molar-refractivity contribution in [1.29, 1.82) is 0 Å². The molecule has 0 aromatic heterocycles. The van der Waals surface area contributed by atoms with E-state index in [1.54, 1.807) is 0 Å². The van der Waals surface area contributed by atoms with E-state index in [1.807, 2.05) is 43.1 Å². The summed E-state index contributed by atoms with van der Waals surface area (Å²) in [7, 11) is 1.82. The second-order valence-electron chi connectivity index (χ2n) is 5.48. The predicted molar refractivity (Wildman–Crippen MR) is 85.6 cm³/mol. The van der Waals surface area contributed by atoms with Crippen LogP contribution >= 0.6 is 0 Å². The van der Waals surface area contributed by atoms with Crippen LogP contribution in [0.15, 0.2) is 54.6 Å². The minimum Gasteiger partial charge on any atom is -0.310 e. The monoisotopic (exact) mass is 280 g/mol. The maximum absolute atomic E-state index is 12.6. The van der Waals surface area contributed by atoms with Crippen LogP contribution in [-0.2, 0) is 4.79 Å². The van der Waals surface area contributed by atoms with Crippen molar-refractivity contribution in [3.63, 3.8) is 0 Å². The van der Waals surface area contributed by atoms with E-state index in [-0.39, 0.29) is 17.9 Å². The van der Waals surface area contributed by atoms with Gasteiger partial charge in [0, 0.05) is 18.2 Å². The molecule has 1 heterocycles. The molecule has 3 nitrogen and oxygen atoms in total. The molecule has 1 aliphatic heterocycles. The summed E-state index contributed by atoms with van der Waals surface area (Å²) in [5, 5.41) is 3.04. The van der Waals surface area contributed by atoms with Gasteiger partial charge >= 0.3 is 0 Å². The van der Waals surface area contributed by atoms with Crippen LogP contribution in [0, 0.1) is 0 Å². The number of carbonyl (C=O) groups is 1. The average Bonchev–Trinajstić information content (AvgIpc) is 2.94. The molecule has 2 aromatic rings. The van der Waals surface area contributed by atoms with Crippen molar-refractivity contribution in [2.75, 3.05) is 18.5 Å². The predicted octanol–water partition coefficient (Wildman–Crippen LogP) is 2.77. The standard InChI is InChI=1S/C18H20N2O/c1-13(19-2)18(21)20-12-16(14-8-4-3-5-9-14)15-10-6-7-11-17(15)20/h3-11,13,16,19H,12H2,1-2H3. The largest absolute Gasteiger partial charge is 0.310 e. The second-order valence-corrected chi connectivity index (χ2v) is 5.48. The molecular formula is C18H20N2O. The molecule has 1 N–H and O–H groups in total. The van der Waals surface area contributed by atoms with E-state index >= 15 is 0 Å². The molecule has 0 radical (unpaired) electrons. The summed E-state index contributed by atoms with van der Waals surface area (Å²) in [4.78, 5) is 14.5. The Labute approximate surface area is 125 Å². The third-order valence-corrected chi connectivity index (χ3v) is 4.24. The summed E-state index contributed by atoms with van der Waals surface area (Å²) in [6.07, 6.45) is 0. The number of fused-ring (bicyclic) bond motifs is 1. The zero-order valence-corrected chi connectivity index (χ0v) is 12.4. The van der Waals surface area contributed by atoms with Crippen molar-refractivity contribution in [3.8, 4) is 0 Å². The van der Waals surface area contributed by atoms with E-state index in [0.29, 0.717) is 6.54 Å². The lowest BCUT2D eigenvalue weighted by molar-refractivity contribution is -0.120. The Kier molecular flexibility index (Phi) is 3.76. The topological polar surface area (TPSA) is 32.3 Å².